The van der Waals surface area contributed by atoms with E-state index in [0.717, 1.165) is 43.4 Å². The third kappa shape index (κ3) is 237. The van der Waals surface area contributed by atoms with Crippen molar-refractivity contribution in [1.29, 1.82) is 0 Å². The molecule has 0 atom stereocenters. The number of ketones is 6. The number of hydrogen-bond donors (Lipinski definition) is 4. The van der Waals surface area contributed by atoms with Crippen molar-refractivity contribution in [3.8, 4) is 5.75 Å². The van der Waals surface area contributed by atoms with Crippen LogP contribution >= 0.6 is 27.5 Å². The fourth-order valence-electron chi connectivity index (χ4n) is 5.54. The van der Waals surface area contributed by atoms with Crippen LogP contribution in [0.1, 0.15) is 142 Å². The number of aryl methyl sites for hydroxylation is 2. The average molecular weight is 2130 g/mol. The van der Waals surface area contributed by atoms with Crippen LogP contribution in [0.3, 0.4) is 0 Å². The first-order valence-electron chi connectivity index (χ1n) is 44.6. The summed E-state index contributed by atoms with van der Waals surface area (Å²) in [5, 5.41) is 21.6. The number of benzene rings is 2. The van der Waals surface area contributed by atoms with Gasteiger partial charge in [-0.3, -0.25) is 23.6 Å². The predicted molar refractivity (Wildman–Crippen MR) is 539 cm³/mol. The molecule has 2 aromatic carbocycles. The third-order valence-electron chi connectivity index (χ3n) is 13.2. The summed E-state index contributed by atoms with van der Waals surface area (Å²) in [7, 11) is 21.4. The van der Waals surface area contributed by atoms with Crippen molar-refractivity contribution in [2.45, 2.75) is 142 Å². The van der Waals surface area contributed by atoms with Crippen LogP contribution in [0.5, 0.6) is 5.75 Å². The fourth-order valence-corrected chi connectivity index (χ4v) is 5.84. The maximum Gasteiger partial charge on any atom is 1.00 e. The summed E-state index contributed by atoms with van der Waals surface area (Å²) in [5.41, 5.74) is 6.74. The van der Waals surface area contributed by atoms with Gasteiger partial charge in [0.05, 0.1) is 226 Å². The van der Waals surface area contributed by atoms with Gasteiger partial charge >= 0.3 is 53.1 Å². The number of nitroso groups, excluding NO2 is 1. The minimum absolute atomic E-state index is 0. The third-order valence-corrected chi connectivity index (χ3v) is 13.6. The van der Waals surface area contributed by atoms with Crippen molar-refractivity contribution in [3.05, 3.63) is 64.6 Å². The number of likely N-dealkylation sites (N-methyl/N-ethyl adjacent to an activating group) is 1. The molecule has 0 aliphatic carbocycles. The molecule has 0 unspecified atom stereocenters. The molecule has 4 rings (SSSR count). The molecule has 2 fully saturated rings. The maximum absolute atomic E-state index is 11.3. The normalized spacial score (nSPS) is 10.1. The molecule has 2 saturated heterocycles. The number of aliphatic hydroxyl groups excluding tert-OH is 2. The van der Waals surface area contributed by atoms with Gasteiger partial charge in [-0.05, 0) is 105 Å². The average Bonchev–Trinajstić information content (AvgIpc) is 1.49. The second kappa shape index (κ2) is 172. The Bertz CT molecular complexity index is 2520. The number of carbonyl (C=O) groups is 10. The van der Waals surface area contributed by atoms with Crippen LogP contribution in [0.4, 0.5) is 19.7 Å². The molecule has 2 aliphatic rings. The van der Waals surface area contributed by atoms with Crippen molar-refractivity contribution in [2.24, 2.45) is 10.9 Å². The Morgan fingerprint density at radius 1 is 0.439 bits per heavy atom. The molecule has 0 aromatic heterocycles. The smallest absolute Gasteiger partial charge is 1.00 e. The monoisotopic (exact) mass is 2120 g/mol. The van der Waals surface area contributed by atoms with E-state index in [1.54, 1.807) is 151 Å². The van der Waals surface area contributed by atoms with Crippen LogP contribution < -0.4 is 45.3 Å². The van der Waals surface area contributed by atoms with Gasteiger partial charge in [-0.25, -0.2) is 9.59 Å². The van der Waals surface area contributed by atoms with E-state index >= 15 is 0 Å². The van der Waals surface area contributed by atoms with Crippen LogP contribution in [0.15, 0.2) is 53.7 Å². The Morgan fingerprint density at radius 2 is 0.669 bits per heavy atom. The molecule has 0 amide bonds. The van der Waals surface area contributed by atoms with Gasteiger partial charge in [0.1, 0.15) is 59.4 Å². The van der Waals surface area contributed by atoms with E-state index in [2.05, 4.69) is 40.6 Å². The van der Waals surface area contributed by atoms with Crippen molar-refractivity contribution in [3.63, 3.8) is 0 Å². The summed E-state index contributed by atoms with van der Waals surface area (Å²) in [6, 6.07) is 14.3. The summed E-state index contributed by atoms with van der Waals surface area (Å²) >= 11 is 8.11. The van der Waals surface area contributed by atoms with Gasteiger partial charge in [-0.2, -0.15) is 0 Å². The van der Waals surface area contributed by atoms with Crippen LogP contribution in [0.2, 0.25) is 0 Å². The second-order valence-corrected chi connectivity index (χ2v) is 26.4. The van der Waals surface area contributed by atoms with Crippen LogP contribution in [0.25, 0.3) is 0 Å². The van der Waals surface area contributed by atoms with Gasteiger partial charge in [0.15, 0.2) is 0 Å². The van der Waals surface area contributed by atoms with E-state index in [1.165, 1.54) is 19.8 Å². The van der Waals surface area contributed by atoms with Gasteiger partial charge in [0.2, 0.25) is 0 Å². The number of nitrogens with one attached hydrogen (secondary N) is 1. The minimum atomic E-state index is -1.00. The molecule has 2 aliphatic heterocycles. The largest absolute Gasteiger partial charge is 1.00 e. The van der Waals surface area contributed by atoms with E-state index in [4.69, 9.17) is 133 Å². The number of aliphatic hydroxyl groups is 2. The number of esters is 2. The molecule has 41 nitrogen and oxygen atoms in total. The number of hydrogen-bond acceptors (Lipinski definition) is 41. The Hall–Kier alpha value is -5.36. The number of ether oxygens (including phenoxy) is 25. The number of methoxy groups -OCH3 is 12. The molecule has 828 valence electrons. The number of halogens is 3. The van der Waals surface area contributed by atoms with Crippen molar-refractivity contribution < 1.29 is 213 Å². The molecule has 0 saturated carbocycles. The molecule has 0 spiro atoms. The Morgan fingerprint density at radius 3 is 0.835 bits per heavy atom. The van der Waals surface area contributed by atoms with Crippen molar-refractivity contribution in [2.75, 3.05) is 343 Å². The Labute approximate surface area is 871 Å². The second-order valence-electron chi connectivity index (χ2n) is 25.3. The number of nitrogens with zero attached hydrogens (tertiary/aromatic N) is 1. The summed E-state index contributed by atoms with van der Waals surface area (Å²) in [6.45, 7) is 40.7. The molecule has 139 heavy (non-hydrogen) atoms. The Kier molecular flexibility index (Phi) is 210. The van der Waals surface area contributed by atoms with Crippen LogP contribution in [-0.2, 0) is 152 Å². The predicted octanol–water partition coefficient (Wildman–Crippen LogP) is 9.32. The van der Waals surface area contributed by atoms with Gasteiger partial charge < -0.3 is 160 Å². The summed E-state index contributed by atoms with van der Waals surface area (Å²) in [5.74, 6) is 0.897. The summed E-state index contributed by atoms with van der Waals surface area (Å²) < 4.78 is 136. The standard InChI is InChI=1S/C13H18O5.C7H7NO.C6H11ClO4.4C6H14O3.C5H11BrO2.C5H12O3.C4H9NO.C4H4O3.5C4H8O.C3H7NO.CH3F.CH4O.CH4.Na.H/c1-11-3-5-12(6-4-11)18-13(14)17-10-9-16-8-7-15-2;1-6-2-4-7(8-9)5-3-6;1-9-2-3-10-4-5-11-6(7)8;4*1-7-3-5-9-6-4-8-2;2*1-7-4-5-8-3-2-6;1-4(6)3-5-2;5-3-1-2-4(6)7-3;1-2-4-5-3-1;4*1-3-4(2)5;1-3(5)2-4;2*1-2;;;/h3-6H,7-10H2,1-2H3;2-5H,1H3;2-5H2,1H3;4*3-6H2,1-2H3;2-5H2,1H3;6H,2-5H2,1H3;5H,3H2,1-2H3;1-2H2;1-4H2;4*3H2,1-2H3;2,4H2,1H3;1H3;2H,1H3;1H4;;/q;;;;;;;;;;;;;;;;;;;;+1;-1/i;;;;;;;;;;;;;;;;;1D;;;;. The van der Waals surface area contributed by atoms with Gasteiger partial charge in [0, 0.05) is 148 Å². The van der Waals surface area contributed by atoms with Crippen molar-refractivity contribution >= 4 is 91.4 Å². The van der Waals surface area contributed by atoms with Crippen molar-refractivity contribution in [1.82, 2.24) is 5.32 Å². The van der Waals surface area contributed by atoms with E-state index in [9.17, 15) is 57.2 Å². The van der Waals surface area contributed by atoms with E-state index < -0.39 is 30.7 Å². The molecule has 5 N–H and O–H groups in total. The quantitative estimate of drug-likeness (QED) is 0.00551. The zero-order valence-electron chi connectivity index (χ0n) is 90.7. The maximum atomic E-state index is 11.3. The molecule has 2 heterocycles. The molecule has 2 aromatic rings. The molecule has 0 bridgehead atoms. The first-order chi connectivity index (χ1) is 66.1. The number of alkyl halides is 2. The Balaban J connectivity index is -0.0000000718. The van der Waals surface area contributed by atoms with Crippen LogP contribution in [-0.4, -0.2) is 412 Å². The summed E-state index contributed by atoms with van der Waals surface area (Å²) in [6.07, 6.45) is 5.02. The SMILES string of the molecule is C.C1CCOC1.CC(=O)CN.CCC(C)=O.CCC(C)=O.CCC(C)=O.CCC(C)=O.CNCC(C)=O.CO.COCCOCCBr.COCCOCCO.COCCOCCOC.COCCOCCOC.COCCOCCOC.COCCOCCOC.COCCOCCOC(=O)Cl.COCCOCCOC(=O)Oc1ccc(C)cc1.Cc1ccc(N=O)cc1.O=C1CCC(=O)O1.[2H]CF.[H-].[Na+]. The zero-order valence-corrected chi connectivity index (χ0v) is 93.0. The molecular weight excluding hydrogens is 1940 g/mol. The number of nitrogens with two attached hydrogens (primary N) is 1. The molecule has 45 heteroatoms. The number of Topliss-reactive ketones (excluding diaryl/α,β-unsaturated/α-hetero) is 6. The number of rotatable bonds is 55. The molecular formula is C94H187BrClFN3NaO38. The minimum Gasteiger partial charge on any atom is -1.00 e. The first-order valence-corrected chi connectivity index (χ1v) is 45.4. The topological polar surface area (TPSA) is 509 Å². The van der Waals surface area contributed by atoms with E-state index in [-0.39, 0.29) is 112 Å². The van der Waals surface area contributed by atoms with Gasteiger partial charge in [-0.1, -0.05) is 86.4 Å². The number of cyclic esters (lactones) is 2. The first kappa shape index (κ1) is 170. The molecule has 0 radical (unpaired) electrons. The van der Waals surface area contributed by atoms with E-state index in [0.29, 0.717) is 222 Å². The van der Waals surface area contributed by atoms with E-state index in [1.807, 2.05) is 65.8 Å². The van der Waals surface area contributed by atoms with Gasteiger partial charge in [0.25, 0.3) is 0 Å². The number of carbonyl (C=O) groups excluding carboxylic acids is 10. The fraction of sp³-hybridized carbons (Fsp3) is 0.766. The van der Waals surface area contributed by atoms with Gasteiger partial charge in [-0.15, -0.1) is 4.91 Å². The summed E-state index contributed by atoms with van der Waals surface area (Å²) in [4.78, 5) is 110. The van der Waals surface area contributed by atoms with Crippen LogP contribution in [0, 0.1) is 18.8 Å². The zero-order chi connectivity index (χ0) is 109.